The van der Waals surface area contributed by atoms with E-state index in [2.05, 4.69) is 48.0 Å². The van der Waals surface area contributed by atoms with Crippen LogP contribution in [-0.4, -0.2) is 38.5 Å². The average Bonchev–Trinajstić information content (AvgIpc) is 3.05. The van der Waals surface area contributed by atoms with Crippen LogP contribution in [-0.2, 0) is 4.74 Å². The van der Waals surface area contributed by atoms with Crippen LogP contribution in [0.15, 0.2) is 36.7 Å². The number of ether oxygens (including phenoxy) is 1. The molecule has 0 atom stereocenters. The SMILES string of the molecule is COC(=O)c1ccc(-c2nc(-c3ccnnc3)n[nH]2)cc1I. The van der Waals surface area contributed by atoms with E-state index in [-0.39, 0.29) is 5.97 Å². The third-order valence-corrected chi connectivity index (χ3v) is 3.87. The van der Waals surface area contributed by atoms with Crippen molar-refractivity contribution >= 4 is 28.6 Å². The summed E-state index contributed by atoms with van der Waals surface area (Å²) in [6.45, 7) is 0. The lowest BCUT2D eigenvalue weighted by Crippen LogP contribution is -2.03. The van der Waals surface area contributed by atoms with E-state index in [4.69, 9.17) is 4.74 Å². The van der Waals surface area contributed by atoms with Gasteiger partial charge in [-0.3, -0.25) is 5.10 Å². The zero-order valence-corrected chi connectivity index (χ0v) is 13.6. The van der Waals surface area contributed by atoms with E-state index >= 15 is 0 Å². The maximum atomic E-state index is 11.6. The molecule has 7 nitrogen and oxygen atoms in total. The van der Waals surface area contributed by atoms with Crippen LogP contribution in [0.2, 0.25) is 0 Å². The molecular formula is C14H10IN5O2. The summed E-state index contributed by atoms with van der Waals surface area (Å²) < 4.78 is 5.52. The number of rotatable bonds is 3. The van der Waals surface area contributed by atoms with Gasteiger partial charge < -0.3 is 4.74 Å². The van der Waals surface area contributed by atoms with Crippen LogP contribution in [0.5, 0.6) is 0 Å². The van der Waals surface area contributed by atoms with Crippen molar-refractivity contribution < 1.29 is 9.53 Å². The number of hydrogen-bond donors (Lipinski definition) is 1. The normalized spacial score (nSPS) is 10.5. The monoisotopic (exact) mass is 407 g/mol. The van der Waals surface area contributed by atoms with E-state index in [1.807, 2.05) is 6.07 Å². The Bertz CT molecular complexity index is 819. The molecule has 0 aliphatic heterocycles. The van der Waals surface area contributed by atoms with Crippen molar-refractivity contribution in [3.05, 3.63) is 45.8 Å². The van der Waals surface area contributed by atoms with Gasteiger partial charge in [0, 0.05) is 14.7 Å². The minimum atomic E-state index is -0.364. The number of nitrogens with zero attached hydrogens (tertiary/aromatic N) is 4. The highest BCUT2D eigenvalue weighted by Crippen LogP contribution is 2.23. The number of H-pyrrole nitrogens is 1. The van der Waals surface area contributed by atoms with Gasteiger partial charge in [-0.25, -0.2) is 9.78 Å². The van der Waals surface area contributed by atoms with E-state index < -0.39 is 0 Å². The number of esters is 1. The van der Waals surface area contributed by atoms with E-state index in [0.29, 0.717) is 17.2 Å². The molecule has 22 heavy (non-hydrogen) atoms. The fraction of sp³-hybridized carbons (Fsp3) is 0.0714. The van der Waals surface area contributed by atoms with E-state index in [1.54, 1.807) is 30.6 Å². The Kier molecular flexibility index (Phi) is 4.09. The van der Waals surface area contributed by atoms with E-state index in [0.717, 1.165) is 14.7 Å². The van der Waals surface area contributed by atoms with Crippen LogP contribution < -0.4 is 0 Å². The molecule has 3 rings (SSSR count). The third-order valence-electron chi connectivity index (χ3n) is 2.98. The van der Waals surface area contributed by atoms with Crippen molar-refractivity contribution in [2.45, 2.75) is 0 Å². The Morgan fingerprint density at radius 3 is 2.77 bits per heavy atom. The molecule has 0 unspecified atom stereocenters. The Hall–Kier alpha value is -2.36. The standard InChI is InChI=1S/C14H10IN5O2/c1-22-14(21)10-3-2-8(6-11(10)15)12-18-13(20-19-12)9-4-5-16-17-7-9/h2-7H,1H3,(H,18,19,20). The number of benzene rings is 1. The number of carbonyl (C=O) groups excluding carboxylic acids is 1. The van der Waals surface area contributed by atoms with Gasteiger partial charge in [0.15, 0.2) is 11.6 Å². The maximum Gasteiger partial charge on any atom is 0.338 e. The Morgan fingerprint density at radius 1 is 1.23 bits per heavy atom. The largest absolute Gasteiger partial charge is 0.465 e. The number of halogens is 1. The summed E-state index contributed by atoms with van der Waals surface area (Å²) >= 11 is 2.09. The second kappa shape index (κ2) is 6.18. The predicted octanol–water partition coefficient (Wildman–Crippen LogP) is 2.32. The smallest absolute Gasteiger partial charge is 0.338 e. The summed E-state index contributed by atoms with van der Waals surface area (Å²) in [5.74, 6) is 0.787. The van der Waals surface area contributed by atoms with Gasteiger partial charge in [-0.05, 0) is 40.8 Å². The van der Waals surface area contributed by atoms with Crippen molar-refractivity contribution in [3.8, 4) is 22.8 Å². The maximum absolute atomic E-state index is 11.6. The molecule has 0 fully saturated rings. The van der Waals surface area contributed by atoms with Crippen LogP contribution in [0.25, 0.3) is 22.8 Å². The van der Waals surface area contributed by atoms with Gasteiger partial charge in [0.1, 0.15) is 0 Å². The van der Waals surface area contributed by atoms with Crippen molar-refractivity contribution in [2.75, 3.05) is 7.11 Å². The van der Waals surface area contributed by atoms with Crippen LogP contribution >= 0.6 is 22.6 Å². The van der Waals surface area contributed by atoms with Gasteiger partial charge >= 0.3 is 5.97 Å². The number of hydrogen-bond acceptors (Lipinski definition) is 6. The molecule has 0 saturated heterocycles. The molecule has 1 aromatic carbocycles. The Labute approximate surface area is 139 Å². The zero-order chi connectivity index (χ0) is 15.5. The lowest BCUT2D eigenvalue weighted by molar-refractivity contribution is 0.0599. The van der Waals surface area contributed by atoms with Gasteiger partial charge in [0.05, 0.1) is 25.1 Å². The Balaban J connectivity index is 1.94. The number of aromatic nitrogens is 5. The number of aromatic amines is 1. The van der Waals surface area contributed by atoms with Crippen LogP contribution in [0.3, 0.4) is 0 Å². The van der Waals surface area contributed by atoms with Crippen molar-refractivity contribution in [2.24, 2.45) is 0 Å². The highest BCUT2D eigenvalue weighted by molar-refractivity contribution is 14.1. The highest BCUT2D eigenvalue weighted by Gasteiger charge is 2.13. The fourth-order valence-electron chi connectivity index (χ4n) is 1.88. The molecule has 2 aromatic heterocycles. The molecule has 3 aromatic rings. The summed E-state index contributed by atoms with van der Waals surface area (Å²) in [7, 11) is 1.36. The first-order chi connectivity index (χ1) is 10.7. The summed E-state index contributed by atoms with van der Waals surface area (Å²) in [6.07, 6.45) is 3.18. The number of nitrogens with one attached hydrogen (secondary N) is 1. The van der Waals surface area contributed by atoms with Gasteiger partial charge in [0.2, 0.25) is 0 Å². The molecule has 0 spiro atoms. The first-order valence-electron chi connectivity index (χ1n) is 6.27. The number of methoxy groups -OCH3 is 1. The summed E-state index contributed by atoms with van der Waals surface area (Å²) in [6, 6.07) is 7.13. The van der Waals surface area contributed by atoms with Crippen LogP contribution in [0.4, 0.5) is 0 Å². The summed E-state index contributed by atoms with van der Waals surface area (Å²) in [5.41, 5.74) is 2.13. The Morgan fingerprint density at radius 2 is 2.09 bits per heavy atom. The zero-order valence-electron chi connectivity index (χ0n) is 11.4. The molecule has 8 heteroatoms. The fourth-order valence-corrected chi connectivity index (χ4v) is 2.62. The molecule has 0 aliphatic carbocycles. The van der Waals surface area contributed by atoms with Crippen LogP contribution in [0.1, 0.15) is 10.4 Å². The second-order valence-corrected chi connectivity index (χ2v) is 5.49. The summed E-state index contributed by atoms with van der Waals surface area (Å²) in [5, 5.41) is 14.6. The third kappa shape index (κ3) is 2.82. The molecule has 0 radical (unpaired) electrons. The molecular weight excluding hydrogens is 397 g/mol. The van der Waals surface area contributed by atoms with E-state index in [9.17, 15) is 4.79 Å². The topological polar surface area (TPSA) is 93.7 Å². The summed E-state index contributed by atoms with van der Waals surface area (Å²) in [4.78, 5) is 16.0. The highest BCUT2D eigenvalue weighted by atomic mass is 127. The minimum absolute atomic E-state index is 0.364. The van der Waals surface area contributed by atoms with E-state index in [1.165, 1.54) is 7.11 Å². The molecule has 0 aliphatic rings. The molecule has 2 heterocycles. The van der Waals surface area contributed by atoms with Gasteiger partial charge in [-0.2, -0.15) is 15.3 Å². The van der Waals surface area contributed by atoms with Gasteiger partial charge in [-0.1, -0.05) is 6.07 Å². The molecule has 1 N–H and O–H groups in total. The van der Waals surface area contributed by atoms with Crippen molar-refractivity contribution in [1.29, 1.82) is 0 Å². The average molecular weight is 407 g/mol. The molecule has 0 saturated carbocycles. The minimum Gasteiger partial charge on any atom is -0.465 e. The van der Waals surface area contributed by atoms with Gasteiger partial charge in [0.25, 0.3) is 0 Å². The lowest BCUT2D eigenvalue weighted by atomic mass is 10.1. The first kappa shape index (κ1) is 14.6. The van der Waals surface area contributed by atoms with Gasteiger partial charge in [-0.15, -0.1) is 0 Å². The predicted molar refractivity (Wildman–Crippen MR) is 86.9 cm³/mol. The first-order valence-corrected chi connectivity index (χ1v) is 7.34. The quantitative estimate of drug-likeness (QED) is 0.529. The van der Waals surface area contributed by atoms with Crippen molar-refractivity contribution in [3.63, 3.8) is 0 Å². The lowest BCUT2D eigenvalue weighted by Gasteiger charge is -2.03. The number of carbonyl (C=O) groups is 1. The van der Waals surface area contributed by atoms with Crippen LogP contribution in [0, 0.1) is 3.57 Å². The molecule has 110 valence electrons. The molecule has 0 bridgehead atoms. The molecule has 0 amide bonds. The second-order valence-electron chi connectivity index (χ2n) is 4.32. The van der Waals surface area contributed by atoms with Crippen molar-refractivity contribution in [1.82, 2.24) is 25.4 Å².